The monoisotopic (exact) mass is 301 g/mol. The number of rotatable bonds is 7. The summed E-state index contributed by atoms with van der Waals surface area (Å²) >= 11 is 0. The van der Waals surface area contributed by atoms with Crippen LogP contribution in [0.2, 0.25) is 0 Å². The average Bonchev–Trinajstić information content (AvgIpc) is 2.56. The van der Waals surface area contributed by atoms with Gasteiger partial charge in [0.05, 0.1) is 6.10 Å². The summed E-state index contributed by atoms with van der Waals surface area (Å²) in [6, 6.07) is 9.36. The first-order valence-electron chi connectivity index (χ1n) is 7.88. The molecule has 4 heteroatoms. The summed E-state index contributed by atoms with van der Waals surface area (Å²) in [5.74, 6) is 2.05. The van der Waals surface area contributed by atoms with Gasteiger partial charge in [-0.2, -0.15) is 0 Å². The van der Waals surface area contributed by atoms with Crippen molar-refractivity contribution in [1.82, 2.24) is 4.90 Å². The molecule has 2 unspecified atom stereocenters. The van der Waals surface area contributed by atoms with Crippen LogP contribution in [-0.4, -0.2) is 47.5 Å². The summed E-state index contributed by atoms with van der Waals surface area (Å²) in [4.78, 5) is 24.6. The van der Waals surface area contributed by atoms with Crippen molar-refractivity contribution in [2.45, 2.75) is 31.8 Å². The van der Waals surface area contributed by atoms with Gasteiger partial charge in [-0.05, 0) is 25.8 Å². The third-order valence-electron chi connectivity index (χ3n) is 4.26. The van der Waals surface area contributed by atoms with E-state index in [2.05, 4.69) is 4.90 Å². The van der Waals surface area contributed by atoms with Crippen LogP contribution in [0.15, 0.2) is 36.4 Å². The van der Waals surface area contributed by atoms with Gasteiger partial charge in [-0.3, -0.25) is 4.79 Å². The lowest BCUT2D eigenvalue weighted by Crippen LogP contribution is -2.43. The Labute approximate surface area is 131 Å². The Morgan fingerprint density at radius 2 is 2.14 bits per heavy atom. The Balaban J connectivity index is 1.75. The van der Waals surface area contributed by atoms with E-state index < -0.39 is 0 Å². The lowest BCUT2D eigenvalue weighted by atomic mass is 9.91. The number of likely N-dealkylation sites (tertiary alicyclic amines) is 1. The number of hydrogen-bond acceptors (Lipinski definition) is 4. The molecule has 0 saturated carbocycles. The first-order chi connectivity index (χ1) is 10.7. The number of nitrogens with zero attached hydrogens (tertiary/aromatic N) is 1. The first-order valence-corrected chi connectivity index (χ1v) is 7.88. The summed E-state index contributed by atoms with van der Waals surface area (Å²) < 4.78 is 0. The number of carbonyl (C=O) groups excluding carboxylic acids is 2. The number of piperidine rings is 1. The number of hydrogen-bond donors (Lipinski definition) is 1. The van der Waals surface area contributed by atoms with Crippen LogP contribution < -0.4 is 0 Å². The van der Waals surface area contributed by atoms with Gasteiger partial charge in [0.1, 0.15) is 5.94 Å². The van der Waals surface area contributed by atoms with Crippen molar-refractivity contribution in [3.8, 4) is 0 Å². The first kappa shape index (κ1) is 16.6. The molecule has 22 heavy (non-hydrogen) atoms. The zero-order valence-corrected chi connectivity index (χ0v) is 12.8. The van der Waals surface area contributed by atoms with Gasteiger partial charge in [-0.25, -0.2) is 4.79 Å². The van der Waals surface area contributed by atoms with Crippen LogP contribution in [0.3, 0.4) is 0 Å². The van der Waals surface area contributed by atoms with Gasteiger partial charge in [-0.15, -0.1) is 0 Å². The van der Waals surface area contributed by atoms with Crippen molar-refractivity contribution in [2.75, 3.05) is 19.6 Å². The van der Waals surface area contributed by atoms with E-state index >= 15 is 0 Å². The van der Waals surface area contributed by atoms with Crippen molar-refractivity contribution in [3.05, 3.63) is 42.0 Å². The number of ketones is 1. The van der Waals surface area contributed by atoms with E-state index in [1.807, 2.05) is 30.3 Å². The van der Waals surface area contributed by atoms with E-state index in [0.29, 0.717) is 12.8 Å². The van der Waals surface area contributed by atoms with E-state index in [4.69, 9.17) is 0 Å². The summed E-state index contributed by atoms with van der Waals surface area (Å²) in [6.45, 7) is 2.48. The molecule has 2 rings (SSSR count). The second-order valence-electron chi connectivity index (χ2n) is 5.87. The minimum atomic E-state index is -0.341. The Hall–Kier alpha value is -1.74. The fourth-order valence-electron chi connectivity index (χ4n) is 2.96. The highest BCUT2D eigenvalue weighted by atomic mass is 16.3. The summed E-state index contributed by atoms with van der Waals surface area (Å²) in [5, 5.41) is 9.95. The third kappa shape index (κ3) is 4.92. The van der Waals surface area contributed by atoms with E-state index in [9.17, 15) is 14.7 Å². The third-order valence-corrected chi connectivity index (χ3v) is 4.26. The van der Waals surface area contributed by atoms with Crippen molar-refractivity contribution in [2.24, 2.45) is 5.92 Å². The zero-order chi connectivity index (χ0) is 15.8. The molecule has 0 amide bonds. The normalized spacial score (nSPS) is 22.0. The van der Waals surface area contributed by atoms with Crippen LogP contribution >= 0.6 is 0 Å². The Kier molecular flexibility index (Phi) is 6.53. The van der Waals surface area contributed by atoms with Crippen LogP contribution in [-0.2, 0) is 4.79 Å². The molecule has 1 aromatic carbocycles. The van der Waals surface area contributed by atoms with Gasteiger partial charge in [0.2, 0.25) is 0 Å². The van der Waals surface area contributed by atoms with Crippen LogP contribution in [0.1, 0.15) is 36.0 Å². The predicted molar refractivity (Wildman–Crippen MR) is 85.4 cm³/mol. The number of allylic oxidation sites excluding steroid dienone is 1. The fourth-order valence-corrected chi connectivity index (χ4v) is 2.96. The molecule has 1 fully saturated rings. The number of Topliss-reactive ketones (excluding diaryl/α,β-unsaturated/α-hetero) is 1. The van der Waals surface area contributed by atoms with Gasteiger partial charge < -0.3 is 10.0 Å². The Morgan fingerprint density at radius 1 is 1.36 bits per heavy atom. The zero-order valence-electron chi connectivity index (χ0n) is 12.8. The van der Waals surface area contributed by atoms with Gasteiger partial charge >= 0.3 is 0 Å². The smallest absolute Gasteiger partial charge is 0.162 e. The lowest BCUT2D eigenvalue weighted by Gasteiger charge is -2.35. The van der Waals surface area contributed by atoms with E-state index in [0.717, 1.165) is 38.0 Å². The molecule has 0 spiro atoms. The van der Waals surface area contributed by atoms with Gasteiger partial charge in [0, 0.05) is 37.1 Å². The van der Waals surface area contributed by atoms with E-state index in [1.54, 1.807) is 5.94 Å². The van der Waals surface area contributed by atoms with Crippen molar-refractivity contribution >= 4 is 11.7 Å². The number of aliphatic hydroxyl groups excluding tert-OH is 1. The molecule has 2 atom stereocenters. The molecule has 1 aliphatic heterocycles. The summed E-state index contributed by atoms with van der Waals surface area (Å²) in [5.41, 5.74) is 0.769. The van der Waals surface area contributed by atoms with Crippen LogP contribution in [0.4, 0.5) is 0 Å². The highest BCUT2D eigenvalue weighted by Gasteiger charge is 2.26. The molecule has 0 radical (unpaired) electrons. The van der Waals surface area contributed by atoms with Crippen LogP contribution in [0, 0.1) is 5.92 Å². The topological polar surface area (TPSA) is 57.6 Å². The van der Waals surface area contributed by atoms with Gasteiger partial charge in [-0.1, -0.05) is 30.3 Å². The van der Waals surface area contributed by atoms with E-state index in [1.165, 1.54) is 6.08 Å². The molecule has 4 nitrogen and oxygen atoms in total. The van der Waals surface area contributed by atoms with Crippen LogP contribution in [0.5, 0.6) is 0 Å². The summed E-state index contributed by atoms with van der Waals surface area (Å²) in [7, 11) is 0. The maximum Gasteiger partial charge on any atom is 0.162 e. The fraction of sp³-hybridized carbons (Fsp3) is 0.500. The van der Waals surface area contributed by atoms with Crippen molar-refractivity contribution < 1.29 is 14.7 Å². The molecule has 0 aliphatic carbocycles. The number of benzene rings is 1. The Morgan fingerprint density at radius 3 is 2.86 bits per heavy atom. The van der Waals surface area contributed by atoms with Crippen molar-refractivity contribution in [3.63, 3.8) is 0 Å². The minimum Gasteiger partial charge on any atom is -0.393 e. The Bertz CT molecular complexity index is 522. The molecule has 1 aliphatic rings. The molecule has 1 aromatic rings. The highest BCUT2D eigenvalue weighted by Crippen LogP contribution is 2.21. The molecule has 0 aromatic heterocycles. The SMILES string of the molecule is O=C=CCC1CN(CCCC(=O)c2ccccc2)CCC1O. The molecule has 1 heterocycles. The second-order valence-corrected chi connectivity index (χ2v) is 5.87. The van der Waals surface area contributed by atoms with Crippen molar-refractivity contribution in [1.29, 1.82) is 0 Å². The minimum absolute atomic E-state index is 0.0972. The molecule has 1 saturated heterocycles. The maximum atomic E-state index is 12.0. The predicted octanol–water partition coefficient (Wildman–Crippen LogP) is 2.11. The number of aliphatic hydroxyl groups is 1. The average molecular weight is 301 g/mol. The lowest BCUT2D eigenvalue weighted by molar-refractivity contribution is 0.0276. The quantitative estimate of drug-likeness (QED) is 0.619. The van der Waals surface area contributed by atoms with Gasteiger partial charge in [0.25, 0.3) is 0 Å². The molecule has 0 bridgehead atoms. The molecular weight excluding hydrogens is 278 g/mol. The molecular formula is C18H23NO3. The molecule has 1 N–H and O–H groups in total. The van der Waals surface area contributed by atoms with Gasteiger partial charge in [0.15, 0.2) is 5.78 Å². The second kappa shape index (κ2) is 8.64. The largest absolute Gasteiger partial charge is 0.393 e. The summed E-state index contributed by atoms with van der Waals surface area (Å²) in [6.07, 6.45) is 3.78. The standard InChI is InChI=1S/C18H23NO3/c20-13-5-8-16-14-19(12-10-18(16)22)11-4-9-17(21)15-6-2-1-3-7-15/h1-3,5-7,16,18,22H,4,8-12,14H2. The molecule has 118 valence electrons. The maximum absolute atomic E-state index is 12.0. The van der Waals surface area contributed by atoms with E-state index in [-0.39, 0.29) is 17.8 Å². The van der Waals surface area contributed by atoms with Crippen LogP contribution in [0.25, 0.3) is 0 Å². The number of carbonyl (C=O) groups is 1. The highest BCUT2D eigenvalue weighted by molar-refractivity contribution is 5.95.